The molecular weight excluding hydrogens is 326 g/mol. The Labute approximate surface area is 149 Å². The van der Waals surface area contributed by atoms with Crippen molar-refractivity contribution in [1.82, 2.24) is 19.5 Å². The second-order valence-electron chi connectivity index (χ2n) is 6.91. The van der Waals surface area contributed by atoms with Gasteiger partial charge in [-0.05, 0) is 41.7 Å². The zero-order valence-electron chi connectivity index (χ0n) is 14.3. The molecule has 6 nitrogen and oxygen atoms in total. The predicted octanol–water partition coefficient (Wildman–Crippen LogP) is 3.29. The van der Waals surface area contributed by atoms with Crippen LogP contribution in [0, 0.1) is 0 Å². The number of benzene rings is 2. The van der Waals surface area contributed by atoms with E-state index in [9.17, 15) is 4.79 Å². The van der Waals surface area contributed by atoms with Crippen LogP contribution in [0.4, 0.5) is 5.95 Å². The van der Waals surface area contributed by atoms with E-state index < -0.39 is 0 Å². The highest BCUT2D eigenvalue weighted by atomic mass is 16.1. The Morgan fingerprint density at radius 1 is 1.15 bits per heavy atom. The van der Waals surface area contributed by atoms with Gasteiger partial charge in [0.1, 0.15) is 0 Å². The van der Waals surface area contributed by atoms with E-state index in [2.05, 4.69) is 50.6 Å². The Bertz CT molecular complexity index is 1160. The lowest BCUT2D eigenvalue weighted by Gasteiger charge is -2.26. The standard InChI is InChI=1S/C20H19N5O/c26-19-17-18(23-20(24-19)22-16-6-3-7-16)21-12-25(17)11-13-8-9-14-4-1-2-5-15(14)10-13/h1-2,4-5,8-10,12,16H,3,6-7,11H2,(H2,22,23,24,26). The molecule has 2 aromatic carbocycles. The molecule has 1 aliphatic carbocycles. The topological polar surface area (TPSA) is 75.6 Å². The second-order valence-corrected chi connectivity index (χ2v) is 6.91. The van der Waals surface area contributed by atoms with Gasteiger partial charge in [-0.2, -0.15) is 4.98 Å². The highest BCUT2D eigenvalue weighted by Gasteiger charge is 2.19. The lowest BCUT2D eigenvalue weighted by molar-refractivity contribution is 0.443. The van der Waals surface area contributed by atoms with Crippen molar-refractivity contribution in [3.05, 3.63) is 64.7 Å². The molecule has 0 unspecified atom stereocenters. The minimum Gasteiger partial charge on any atom is -0.353 e. The molecule has 0 amide bonds. The molecular formula is C20H19N5O. The van der Waals surface area contributed by atoms with Crippen LogP contribution in [0.5, 0.6) is 0 Å². The third kappa shape index (κ3) is 2.63. The van der Waals surface area contributed by atoms with Crippen molar-refractivity contribution in [3.8, 4) is 0 Å². The number of rotatable bonds is 4. The summed E-state index contributed by atoms with van der Waals surface area (Å²) in [6, 6.07) is 15.0. The summed E-state index contributed by atoms with van der Waals surface area (Å²) in [4.78, 5) is 24.2. The molecule has 0 aliphatic heterocycles. The van der Waals surface area contributed by atoms with E-state index in [1.165, 1.54) is 17.2 Å². The van der Waals surface area contributed by atoms with Gasteiger partial charge in [-0.15, -0.1) is 0 Å². The number of hydrogen-bond donors (Lipinski definition) is 2. The predicted molar refractivity (Wildman–Crippen MR) is 102 cm³/mol. The van der Waals surface area contributed by atoms with E-state index in [4.69, 9.17) is 0 Å². The number of nitrogens with one attached hydrogen (secondary N) is 2. The molecule has 0 bridgehead atoms. The van der Waals surface area contributed by atoms with Crippen molar-refractivity contribution < 1.29 is 0 Å². The first-order valence-corrected chi connectivity index (χ1v) is 8.96. The fourth-order valence-corrected chi connectivity index (χ4v) is 3.45. The van der Waals surface area contributed by atoms with E-state index in [1.807, 2.05) is 16.7 Å². The van der Waals surface area contributed by atoms with Crippen LogP contribution >= 0.6 is 0 Å². The number of imidazole rings is 1. The van der Waals surface area contributed by atoms with Gasteiger partial charge in [-0.3, -0.25) is 9.78 Å². The van der Waals surface area contributed by atoms with Gasteiger partial charge in [0.25, 0.3) is 5.56 Å². The monoisotopic (exact) mass is 345 g/mol. The third-order valence-corrected chi connectivity index (χ3v) is 5.10. The zero-order valence-corrected chi connectivity index (χ0v) is 14.3. The van der Waals surface area contributed by atoms with E-state index >= 15 is 0 Å². The highest BCUT2D eigenvalue weighted by molar-refractivity contribution is 5.83. The molecule has 2 aromatic heterocycles. The molecule has 1 fully saturated rings. The van der Waals surface area contributed by atoms with Gasteiger partial charge < -0.3 is 9.88 Å². The fourth-order valence-electron chi connectivity index (χ4n) is 3.45. The molecule has 0 saturated heterocycles. The molecule has 130 valence electrons. The van der Waals surface area contributed by atoms with Gasteiger partial charge in [0.05, 0.1) is 6.33 Å². The first-order chi connectivity index (χ1) is 12.8. The number of H-pyrrole nitrogens is 1. The first kappa shape index (κ1) is 15.1. The molecule has 1 saturated carbocycles. The van der Waals surface area contributed by atoms with Crippen LogP contribution in [0.1, 0.15) is 24.8 Å². The molecule has 6 heteroatoms. The Kier molecular flexibility index (Phi) is 3.48. The minimum absolute atomic E-state index is 0.157. The van der Waals surface area contributed by atoms with Crippen LogP contribution in [0.3, 0.4) is 0 Å². The maximum Gasteiger partial charge on any atom is 0.278 e. The van der Waals surface area contributed by atoms with E-state index in [1.54, 1.807) is 6.33 Å². The lowest BCUT2D eigenvalue weighted by Crippen LogP contribution is -2.29. The molecule has 5 rings (SSSR count). The fraction of sp³-hybridized carbons (Fsp3) is 0.250. The van der Waals surface area contributed by atoms with Crippen LogP contribution in [-0.4, -0.2) is 25.6 Å². The molecule has 4 aromatic rings. The van der Waals surface area contributed by atoms with Gasteiger partial charge in [-0.1, -0.05) is 36.4 Å². The van der Waals surface area contributed by atoms with Crippen LogP contribution in [0.25, 0.3) is 21.9 Å². The summed E-state index contributed by atoms with van der Waals surface area (Å²) < 4.78 is 1.86. The van der Waals surface area contributed by atoms with Crippen LogP contribution in [0.15, 0.2) is 53.6 Å². The molecule has 0 radical (unpaired) electrons. The van der Waals surface area contributed by atoms with Gasteiger partial charge in [0.15, 0.2) is 11.2 Å². The average molecular weight is 345 g/mol. The van der Waals surface area contributed by atoms with Gasteiger partial charge in [0.2, 0.25) is 5.95 Å². The zero-order chi connectivity index (χ0) is 17.5. The van der Waals surface area contributed by atoms with Crippen LogP contribution < -0.4 is 10.9 Å². The Balaban J connectivity index is 1.49. The quantitative estimate of drug-likeness (QED) is 0.595. The summed E-state index contributed by atoms with van der Waals surface area (Å²) in [5, 5.41) is 5.67. The summed E-state index contributed by atoms with van der Waals surface area (Å²) in [5.74, 6) is 0.517. The average Bonchev–Trinajstić information content (AvgIpc) is 3.01. The summed E-state index contributed by atoms with van der Waals surface area (Å²) in [6.07, 6.45) is 5.16. The summed E-state index contributed by atoms with van der Waals surface area (Å²) in [5.41, 5.74) is 1.96. The summed E-state index contributed by atoms with van der Waals surface area (Å²) in [6.45, 7) is 0.585. The largest absolute Gasteiger partial charge is 0.353 e. The summed E-state index contributed by atoms with van der Waals surface area (Å²) >= 11 is 0. The van der Waals surface area contributed by atoms with Gasteiger partial charge >= 0.3 is 0 Å². The van der Waals surface area contributed by atoms with Crippen LogP contribution in [-0.2, 0) is 6.54 Å². The van der Waals surface area contributed by atoms with Crippen molar-refractivity contribution in [3.63, 3.8) is 0 Å². The number of nitrogens with zero attached hydrogens (tertiary/aromatic N) is 3. The number of anilines is 1. The maximum atomic E-state index is 12.6. The molecule has 26 heavy (non-hydrogen) atoms. The van der Waals surface area contributed by atoms with E-state index in [-0.39, 0.29) is 5.56 Å². The highest BCUT2D eigenvalue weighted by Crippen LogP contribution is 2.22. The lowest BCUT2D eigenvalue weighted by atomic mass is 9.93. The van der Waals surface area contributed by atoms with Gasteiger partial charge in [-0.25, -0.2) is 4.98 Å². The molecule has 0 atom stereocenters. The number of hydrogen-bond acceptors (Lipinski definition) is 4. The Morgan fingerprint density at radius 2 is 2.00 bits per heavy atom. The number of aromatic amines is 1. The molecule has 2 heterocycles. The Hall–Kier alpha value is -3.15. The van der Waals surface area contributed by atoms with E-state index in [0.29, 0.717) is 29.7 Å². The van der Waals surface area contributed by atoms with Crippen molar-refractivity contribution in [2.45, 2.75) is 31.8 Å². The summed E-state index contributed by atoms with van der Waals surface area (Å²) in [7, 11) is 0. The first-order valence-electron chi connectivity index (χ1n) is 8.96. The molecule has 1 aliphatic rings. The Morgan fingerprint density at radius 3 is 2.81 bits per heavy atom. The smallest absolute Gasteiger partial charge is 0.278 e. The van der Waals surface area contributed by atoms with Crippen molar-refractivity contribution in [1.29, 1.82) is 0 Å². The normalized spacial score (nSPS) is 14.6. The number of fused-ring (bicyclic) bond motifs is 2. The SMILES string of the molecule is O=c1[nH]c(NC2CCC2)nc2ncn(Cc3ccc4ccccc4c3)c12. The van der Waals surface area contributed by atoms with Gasteiger partial charge in [0, 0.05) is 12.6 Å². The second kappa shape index (κ2) is 5.98. The minimum atomic E-state index is -0.157. The van der Waals surface area contributed by atoms with Crippen LogP contribution in [0.2, 0.25) is 0 Å². The van der Waals surface area contributed by atoms with Crippen molar-refractivity contribution in [2.75, 3.05) is 5.32 Å². The van der Waals surface area contributed by atoms with E-state index in [0.717, 1.165) is 18.4 Å². The molecule has 0 spiro atoms. The third-order valence-electron chi connectivity index (χ3n) is 5.10. The maximum absolute atomic E-state index is 12.6. The molecule has 2 N–H and O–H groups in total. The van der Waals surface area contributed by atoms with Crippen molar-refractivity contribution >= 4 is 27.9 Å². The van der Waals surface area contributed by atoms with Crippen molar-refractivity contribution in [2.24, 2.45) is 0 Å². The number of aromatic nitrogens is 4.